The predicted octanol–water partition coefficient (Wildman–Crippen LogP) is 3.66. The first-order valence-electron chi connectivity index (χ1n) is 5.92. The Hall–Kier alpha value is -2.08. The fourth-order valence-corrected chi connectivity index (χ4v) is 1.79. The minimum absolute atomic E-state index is 0.101. The van der Waals surface area contributed by atoms with Crippen molar-refractivity contribution in [1.29, 1.82) is 0 Å². The van der Waals surface area contributed by atoms with Gasteiger partial charge in [-0.15, -0.1) is 0 Å². The number of rotatable bonds is 3. The van der Waals surface area contributed by atoms with Gasteiger partial charge < -0.3 is 10.5 Å². The number of halogens is 3. The van der Waals surface area contributed by atoms with Gasteiger partial charge in [-0.1, -0.05) is 12.1 Å². The van der Waals surface area contributed by atoms with Gasteiger partial charge in [0, 0.05) is 18.3 Å². The maximum atomic E-state index is 12.9. The van der Waals surface area contributed by atoms with E-state index in [-0.39, 0.29) is 18.2 Å². The molecular formula is C14H13F3N2O. The highest BCUT2D eigenvalue weighted by atomic mass is 19.4. The molecule has 2 aromatic rings. The van der Waals surface area contributed by atoms with Crippen LogP contribution in [0, 0.1) is 6.92 Å². The molecule has 2 rings (SSSR count). The molecule has 0 spiro atoms. The molecule has 1 heterocycles. The Morgan fingerprint density at radius 2 is 1.90 bits per heavy atom. The lowest BCUT2D eigenvalue weighted by atomic mass is 10.1. The molecule has 6 heteroatoms. The van der Waals surface area contributed by atoms with Crippen LogP contribution in [0.4, 0.5) is 13.2 Å². The lowest BCUT2D eigenvalue weighted by molar-refractivity contribution is -0.138. The largest absolute Gasteiger partial charge is 0.438 e. The average molecular weight is 282 g/mol. The van der Waals surface area contributed by atoms with Crippen LogP contribution >= 0.6 is 0 Å². The first kappa shape index (κ1) is 14.3. The van der Waals surface area contributed by atoms with E-state index in [0.717, 1.165) is 11.6 Å². The number of hydrogen-bond donors (Lipinski definition) is 1. The van der Waals surface area contributed by atoms with Crippen molar-refractivity contribution < 1.29 is 17.9 Å². The van der Waals surface area contributed by atoms with Gasteiger partial charge in [-0.3, -0.25) is 0 Å². The minimum atomic E-state index is -4.48. The second-order valence-corrected chi connectivity index (χ2v) is 4.21. The quantitative estimate of drug-likeness (QED) is 0.934. The van der Waals surface area contributed by atoms with E-state index in [4.69, 9.17) is 10.5 Å². The van der Waals surface area contributed by atoms with Crippen molar-refractivity contribution in [3.8, 4) is 11.6 Å². The molecule has 0 fully saturated rings. The molecule has 0 aliphatic rings. The first-order chi connectivity index (χ1) is 9.43. The fourth-order valence-electron chi connectivity index (χ4n) is 1.79. The summed E-state index contributed by atoms with van der Waals surface area (Å²) in [4.78, 5) is 3.96. The number of alkyl halides is 3. The molecule has 106 valence electrons. The van der Waals surface area contributed by atoms with Gasteiger partial charge in [-0.25, -0.2) is 4.98 Å². The highest BCUT2D eigenvalue weighted by Gasteiger charge is 2.34. The molecule has 1 aromatic carbocycles. The molecule has 20 heavy (non-hydrogen) atoms. The third kappa shape index (κ3) is 2.91. The highest BCUT2D eigenvalue weighted by molar-refractivity contribution is 5.41. The van der Waals surface area contributed by atoms with Crippen molar-refractivity contribution in [1.82, 2.24) is 4.98 Å². The molecular weight excluding hydrogens is 269 g/mol. The van der Waals surface area contributed by atoms with Gasteiger partial charge in [0.1, 0.15) is 5.75 Å². The van der Waals surface area contributed by atoms with Crippen LogP contribution in [0.15, 0.2) is 36.5 Å². The monoisotopic (exact) mass is 282 g/mol. The molecule has 0 bridgehead atoms. The number of aryl methyl sites for hydroxylation is 1. The lowest BCUT2D eigenvalue weighted by Gasteiger charge is -2.15. The summed E-state index contributed by atoms with van der Waals surface area (Å²) < 4.78 is 44.0. The molecule has 0 radical (unpaired) electrons. The Balaban J connectivity index is 2.44. The third-order valence-electron chi connectivity index (χ3n) is 2.85. The molecule has 0 aliphatic heterocycles. The molecule has 0 amide bonds. The maximum absolute atomic E-state index is 12.9. The number of nitrogens with two attached hydrogens (primary N) is 1. The van der Waals surface area contributed by atoms with Crippen LogP contribution in [0.25, 0.3) is 0 Å². The van der Waals surface area contributed by atoms with Crippen LogP contribution in [0.5, 0.6) is 11.6 Å². The summed E-state index contributed by atoms with van der Waals surface area (Å²) in [6.45, 7) is 1.94. The lowest BCUT2D eigenvalue weighted by Crippen LogP contribution is -2.09. The van der Waals surface area contributed by atoms with Crippen molar-refractivity contribution in [2.45, 2.75) is 19.6 Å². The number of hydrogen-bond acceptors (Lipinski definition) is 3. The van der Waals surface area contributed by atoms with Gasteiger partial charge in [-0.2, -0.15) is 13.2 Å². The second-order valence-electron chi connectivity index (χ2n) is 4.21. The number of aromatic nitrogens is 1. The molecule has 1 aromatic heterocycles. The van der Waals surface area contributed by atoms with Gasteiger partial charge >= 0.3 is 6.18 Å². The third-order valence-corrected chi connectivity index (χ3v) is 2.85. The zero-order chi connectivity index (χ0) is 14.8. The summed E-state index contributed by atoms with van der Waals surface area (Å²) in [7, 11) is 0. The van der Waals surface area contributed by atoms with Gasteiger partial charge in [0.2, 0.25) is 5.88 Å². The smallest absolute Gasteiger partial charge is 0.419 e. The SMILES string of the molecule is Cc1ccnc(Oc2ccccc2C(F)(F)F)c1CN. The molecule has 0 aliphatic carbocycles. The summed E-state index contributed by atoms with van der Waals surface area (Å²) in [5.41, 5.74) is 6.15. The van der Waals surface area contributed by atoms with Crippen molar-refractivity contribution in [2.75, 3.05) is 0 Å². The molecule has 0 unspecified atom stereocenters. The van der Waals surface area contributed by atoms with Gasteiger partial charge in [-0.05, 0) is 30.7 Å². The number of benzene rings is 1. The van der Waals surface area contributed by atoms with Crippen LogP contribution in [-0.4, -0.2) is 4.98 Å². The van der Waals surface area contributed by atoms with Crippen LogP contribution < -0.4 is 10.5 Å². The van der Waals surface area contributed by atoms with E-state index in [9.17, 15) is 13.2 Å². The maximum Gasteiger partial charge on any atom is 0.419 e. The molecule has 3 nitrogen and oxygen atoms in total. The van der Waals surface area contributed by atoms with Crippen molar-refractivity contribution in [3.63, 3.8) is 0 Å². The molecule has 0 atom stereocenters. The minimum Gasteiger partial charge on any atom is -0.438 e. The Kier molecular flexibility index (Phi) is 3.94. The average Bonchev–Trinajstić information content (AvgIpc) is 2.38. The number of ether oxygens (including phenoxy) is 1. The Morgan fingerprint density at radius 1 is 1.20 bits per heavy atom. The topological polar surface area (TPSA) is 48.1 Å². The fraction of sp³-hybridized carbons (Fsp3) is 0.214. The highest BCUT2D eigenvalue weighted by Crippen LogP contribution is 2.38. The van der Waals surface area contributed by atoms with E-state index in [1.807, 2.05) is 0 Å². The summed E-state index contributed by atoms with van der Waals surface area (Å²) in [6, 6.07) is 6.73. The van der Waals surface area contributed by atoms with Crippen LogP contribution in [0.2, 0.25) is 0 Å². The standard InChI is InChI=1S/C14H13F3N2O/c1-9-6-7-19-13(10(9)8-18)20-12-5-3-2-4-11(12)14(15,16)17/h2-7H,8,18H2,1H3. The van der Waals surface area contributed by atoms with Crippen LogP contribution in [0.3, 0.4) is 0 Å². The van der Waals surface area contributed by atoms with E-state index in [2.05, 4.69) is 4.98 Å². The molecule has 2 N–H and O–H groups in total. The Bertz CT molecular complexity index is 612. The normalized spacial score (nSPS) is 11.4. The zero-order valence-electron chi connectivity index (χ0n) is 10.7. The van der Waals surface area contributed by atoms with Crippen LogP contribution in [0.1, 0.15) is 16.7 Å². The Morgan fingerprint density at radius 3 is 2.55 bits per heavy atom. The predicted molar refractivity (Wildman–Crippen MR) is 68.4 cm³/mol. The summed E-state index contributed by atoms with van der Waals surface area (Å²) in [5, 5.41) is 0. The van der Waals surface area contributed by atoms with E-state index < -0.39 is 11.7 Å². The van der Waals surface area contributed by atoms with Crippen molar-refractivity contribution in [3.05, 3.63) is 53.2 Å². The van der Waals surface area contributed by atoms with E-state index in [1.165, 1.54) is 24.4 Å². The molecule has 0 saturated carbocycles. The van der Waals surface area contributed by atoms with E-state index >= 15 is 0 Å². The number of pyridine rings is 1. The van der Waals surface area contributed by atoms with Gasteiger partial charge in [0.05, 0.1) is 5.56 Å². The summed E-state index contributed by atoms with van der Waals surface area (Å²) >= 11 is 0. The Labute approximate surface area is 114 Å². The number of para-hydroxylation sites is 1. The van der Waals surface area contributed by atoms with Gasteiger partial charge in [0.15, 0.2) is 0 Å². The van der Waals surface area contributed by atoms with E-state index in [1.54, 1.807) is 13.0 Å². The molecule has 0 saturated heterocycles. The summed E-state index contributed by atoms with van der Waals surface area (Å²) in [6.07, 6.45) is -3.01. The number of nitrogens with zero attached hydrogens (tertiary/aromatic N) is 1. The zero-order valence-corrected chi connectivity index (χ0v) is 10.7. The van der Waals surface area contributed by atoms with Crippen LogP contribution in [-0.2, 0) is 12.7 Å². The van der Waals surface area contributed by atoms with Crippen molar-refractivity contribution >= 4 is 0 Å². The van der Waals surface area contributed by atoms with E-state index in [0.29, 0.717) is 5.56 Å². The second kappa shape index (κ2) is 5.50. The summed E-state index contributed by atoms with van der Waals surface area (Å²) in [5.74, 6) is -0.183. The van der Waals surface area contributed by atoms with Gasteiger partial charge in [0.25, 0.3) is 0 Å². The first-order valence-corrected chi connectivity index (χ1v) is 5.92. The van der Waals surface area contributed by atoms with Crippen molar-refractivity contribution in [2.24, 2.45) is 5.73 Å².